The number of hydrogen-bond acceptors (Lipinski definition) is 6. The Morgan fingerprint density at radius 1 is 1.00 bits per heavy atom. The minimum Gasteiger partial charge on any atom is -0.394 e. The Bertz CT molecular complexity index is 372. The summed E-state index contributed by atoms with van der Waals surface area (Å²) in [7, 11) is 0. The van der Waals surface area contributed by atoms with Gasteiger partial charge in [-0.2, -0.15) is 0 Å². The standard InChI is InChI=1S/C12H17NO5/c14-6-8-9(15)10(16)11(17)12(18-8)13-7-4-2-1-3-5-7/h1-5,8-17H,6H2/t8-,9-,10+,11+,12?/m1/s1. The third-order valence-electron chi connectivity index (χ3n) is 2.97. The largest absolute Gasteiger partial charge is 0.394 e. The number of ether oxygens (including phenoxy) is 1. The van der Waals surface area contributed by atoms with Crippen LogP contribution in [0.1, 0.15) is 0 Å². The Hall–Kier alpha value is -1.18. The molecule has 6 nitrogen and oxygen atoms in total. The monoisotopic (exact) mass is 255 g/mol. The fraction of sp³-hybridized carbons (Fsp3) is 0.500. The molecule has 1 heterocycles. The molecule has 1 aliphatic rings. The minimum absolute atomic E-state index is 0.433. The molecule has 18 heavy (non-hydrogen) atoms. The molecule has 1 aliphatic heterocycles. The van der Waals surface area contributed by atoms with E-state index in [9.17, 15) is 15.3 Å². The van der Waals surface area contributed by atoms with Crippen molar-refractivity contribution in [2.75, 3.05) is 11.9 Å². The highest BCUT2D eigenvalue weighted by molar-refractivity contribution is 5.43. The van der Waals surface area contributed by atoms with Crippen LogP contribution in [0.3, 0.4) is 0 Å². The van der Waals surface area contributed by atoms with Crippen LogP contribution in [-0.2, 0) is 4.74 Å². The van der Waals surface area contributed by atoms with Crippen molar-refractivity contribution in [3.8, 4) is 0 Å². The highest BCUT2D eigenvalue weighted by atomic mass is 16.6. The first-order valence-electron chi connectivity index (χ1n) is 5.75. The zero-order valence-electron chi connectivity index (χ0n) is 9.68. The third kappa shape index (κ3) is 2.63. The number of benzene rings is 1. The summed E-state index contributed by atoms with van der Waals surface area (Å²) in [5.74, 6) is 0. The lowest BCUT2D eigenvalue weighted by molar-refractivity contribution is -0.221. The summed E-state index contributed by atoms with van der Waals surface area (Å²) in [6.07, 6.45) is -5.76. The van der Waals surface area contributed by atoms with Gasteiger partial charge in [-0.25, -0.2) is 0 Å². The van der Waals surface area contributed by atoms with Crippen molar-refractivity contribution in [2.24, 2.45) is 0 Å². The molecule has 1 unspecified atom stereocenters. The summed E-state index contributed by atoms with van der Waals surface area (Å²) < 4.78 is 5.31. The molecule has 2 rings (SSSR count). The van der Waals surface area contributed by atoms with Crippen molar-refractivity contribution < 1.29 is 25.2 Å². The fourth-order valence-electron chi connectivity index (χ4n) is 1.92. The lowest BCUT2D eigenvalue weighted by atomic mass is 9.98. The highest BCUT2D eigenvalue weighted by Crippen LogP contribution is 2.22. The summed E-state index contributed by atoms with van der Waals surface area (Å²) in [6.45, 7) is -0.433. The van der Waals surface area contributed by atoms with Crippen LogP contribution < -0.4 is 5.32 Å². The fourth-order valence-corrected chi connectivity index (χ4v) is 1.92. The molecule has 100 valence electrons. The van der Waals surface area contributed by atoms with E-state index in [1.54, 1.807) is 12.1 Å². The van der Waals surface area contributed by atoms with Gasteiger partial charge in [0.1, 0.15) is 24.4 Å². The minimum atomic E-state index is -1.36. The predicted molar refractivity (Wildman–Crippen MR) is 63.8 cm³/mol. The molecule has 5 N–H and O–H groups in total. The summed E-state index contributed by atoms with van der Waals surface area (Å²) in [6, 6.07) is 9.03. The predicted octanol–water partition coefficient (Wildman–Crippen LogP) is -1.10. The maximum absolute atomic E-state index is 9.80. The zero-order valence-corrected chi connectivity index (χ0v) is 9.68. The van der Waals surface area contributed by atoms with Crippen LogP contribution in [0, 0.1) is 0 Å². The average molecular weight is 255 g/mol. The Balaban J connectivity index is 2.08. The smallest absolute Gasteiger partial charge is 0.157 e. The van der Waals surface area contributed by atoms with Crippen molar-refractivity contribution in [2.45, 2.75) is 30.6 Å². The Labute approximate surface area is 104 Å². The summed E-state index contributed by atoms with van der Waals surface area (Å²) in [4.78, 5) is 0. The van der Waals surface area contributed by atoms with Crippen LogP contribution in [0.25, 0.3) is 0 Å². The van der Waals surface area contributed by atoms with E-state index in [4.69, 9.17) is 9.84 Å². The van der Waals surface area contributed by atoms with Gasteiger partial charge in [0.05, 0.1) is 6.61 Å². The Kier molecular flexibility index (Phi) is 4.15. The van der Waals surface area contributed by atoms with Gasteiger partial charge in [0.15, 0.2) is 6.23 Å². The van der Waals surface area contributed by atoms with Crippen LogP contribution in [-0.4, -0.2) is 57.7 Å². The van der Waals surface area contributed by atoms with E-state index in [2.05, 4.69) is 5.32 Å². The second-order valence-electron chi connectivity index (χ2n) is 4.26. The molecule has 0 bridgehead atoms. The highest BCUT2D eigenvalue weighted by Gasteiger charge is 2.43. The number of para-hydroxylation sites is 1. The number of aliphatic hydroxyl groups excluding tert-OH is 4. The van der Waals surface area contributed by atoms with Crippen molar-refractivity contribution in [3.63, 3.8) is 0 Å². The molecule has 1 saturated heterocycles. The third-order valence-corrected chi connectivity index (χ3v) is 2.97. The second-order valence-corrected chi connectivity index (χ2v) is 4.26. The number of rotatable bonds is 3. The molecule has 1 aromatic rings. The molecular weight excluding hydrogens is 238 g/mol. The van der Waals surface area contributed by atoms with Crippen LogP contribution in [0.15, 0.2) is 30.3 Å². The van der Waals surface area contributed by atoms with Crippen molar-refractivity contribution in [1.82, 2.24) is 0 Å². The zero-order chi connectivity index (χ0) is 13.1. The van der Waals surface area contributed by atoms with Gasteiger partial charge >= 0.3 is 0 Å². The molecule has 0 spiro atoms. The van der Waals surface area contributed by atoms with E-state index in [0.29, 0.717) is 5.69 Å². The van der Waals surface area contributed by atoms with Crippen LogP contribution in [0.2, 0.25) is 0 Å². The van der Waals surface area contributed by atoms with E-state index in [1.807, 2.05) is 18.2 Å². The van der Waals surface area contributed by atoms with Crippen molar-refractivity contribution >= 4 is 5.69 Å². The quantitative estimate of drug-likeness (QED) is 0.470. The van der Waals surface area contributed by atoms with E-state index < -0.39 is 37.3 Å². The molecule has 1 fully saturated rings. The van der Waals surface area contributed by atoms with E-state index in [1.165, 1.54) is 0 Å². The molecule has 0 radical (unpaired) electrons. The lowest BCUT2D eigenvalue weighted by Crippen LogP contribution is -2.60. The van der Waals surface area contributed by atoms with Crippen LogP contribution in [0.4, 0.5) is 5.69 Å². The van der Waals surface area contributed by atoms with Gasteiger partial charge in [-0.05, 0) is 12.1 Å². The van der Waals surface area contributed by atoms with Crippen LogP contribution >= 0.6 is 0 Å². The molecule has 0 aliphatic carbocycles. The molecule has 5 atom stereocenters. The normalized spacial score (nSPS) is 36.3. The molecular formula is C12H17NO5. The number of anilines is 1. The van der Waals surface area contributed by atoms with E-state index in [-0.39, 0.29) is 0 Å². The SMILES string of the molecule is OC[C@H]1OC(Nc2ccccc2)[C@@H](O)[C@@H](O)[C@@H]1O. The first-order chi connectivity index (χ1) is 8.63. The maximum atomic E-state index is 9.80. The Morgan fingerprint density at radius 3 is 2.28 bits per heavy atom. The molecule has 0 saturated carbocycles. The van der Waals surface area contributed by atoms with Gasteiger partial charge in [-0.3, -0.25) is 0 Å². The number of nitrogens with one attached hydrogen (secondary N) is 1. The summed E-state index contributed by atoms with van der Waals surface area (Å²) in [5.41, 5.74) is 0.710. The number of aliphatic hydroxyl groups is 4. The van der Waals surface area contributed by atoms with Crippen molar-refractivity contribution in [3.05, 3.63) is 30.3 Å². The molecule has 0 amide bonds. The van der Waals surface area contributed by atoms with Crippen LogP contribution in [0.5, 0.6) is 0 Å². The first kappa shape index (κ1) is 13.3. The Morgan fingerprint density at radius 2 is 1.67 bits per heavy atom. The number of hydrogen-bond donors (Lipinski definition) is 5. The van der Waals surface area contributed by atoms with Gasteiger partial charge < -0.3 is 30.5 Å². The molecule has 0 aromatic heterocycles. The lowest BCUT2D eigenvalue weighted by Gasteiger charge is -2.40. The van der Waals surface area contributed by atoms with E-state index in [0.717, 1.165) is 0 Å². The average Bonchev–Trinajstić information content (AvgIpc) is 2.40. The summed E-state index contributed by atoms with van der Waals surface area (Å²) in [5, 5.41) is 41.0. The van der Waals surface area contributed by atoms with Gasteiger partial charge in [0.2, 0.25) is 0 Å². The maximum Gasteiger partial charge on any atom is 0.157 e. The van der Waals surface area contributed by atoms with Gasteiger partial charge in [-0.1, -0.05) is 18.2 Å². The van der Waals surface area contributed by atoms with Gasteiger partial charge in [0.25, 0.3) is 0 Å². The van der Waals surface area contributed by atoms with Gasteiger partial charge in [-0.15, -0.1) is 0 Å². The van der Waals surface area contributed by atoms with Crippen molar-refractivity contribution in [1.29, 1.82) is 0 Å². The summed E-state index contributed by atoms with van der Waals surface area (Å²) >= 11 is 0. The topological polar surface area (TPSA) is 102 Å². The van der Waals surface area contributed by atoms with Gasteiger partial charge in [0, 0.05) is 5.69 Å². The van der Waals surface area contributed by atoms with E-state index >= 15 is 0 Å². The molecule has 1 aromatic carbocycles. The molecule has 6 heteroatoms. The second kappa shape index (κ2) is 5.64. The first-order valence-corrected chi connectivity index (χ1v) is 5.75.